The summed E-state index contributed by atoms with van der Waals surface area (Å²) in [5.74, 6) is 0. The number of aliphatic hydroxyl groups is 1. The van der Waals surface area contributed by atoms with Crippen LogP contribution in [0.5, 0.6) is 0 Å². The maximum absolute atomic E-state index is 10.3. The minimum absolute atomic E-state index is 0.360. The maximum atomic E-state index is 10.3. The van der Waals surface area contributed by atoms with E-state index >= 15 is 0 Å². The van der Waals surface area contributed by atoms with E-state index in [1.807, 2.05) is 18.2 Å². The van der Waals surface area contributed by atoms with E-state index in [9.17, 15) is 5.11 Å². The van der Waals surface area contributed by atoms with Crippen LogP contribution in [0.3, 0.4) is 0 Å². The molecule has 1 aromatic rings. The van der Waals surface area contributed by atoms with E-state index in [2.05, 4.69) is 38.8 Å². The van der Waals surface area contributed by atoms with Crippen LogP contribution in [-0.4, -0.2) is 5.11 Å². The molecule has 0 aromatic heterocycles. The van der Waals surface area contributed by atoms with Crippen LogP contribution >= 0.6 is 31.9 Å². The molecule has 1 aromatic carbocycles. The molecule has 0 spiro atoms. The molecule has 1 N–H and O–H groups in total. The molecule has 21 heavy (non-hydrogen) atoms. The molecule has 0 amide bonds. The molecule has 1 nitrogen and oxygen atoms in total. The Hall–Kier alpha value is 0.140. The number of unbranched alkanes of at least 4 members (excludes halogenated alkanes) is 8. The minimum Gasteiger partial charge on any atom is -0.388 e. The molecule has 1 rings (SSSR count). The van der Waals surface area contributed by atoms with Crippen molar-refractivity contribution in [2.45, 2.75) is 77.2 Å². The van der Waals surface area contributed by atoms with Gasteiger partial charge in [0.05, 0.1) is 6.10 Å². The Morgan fingerprint density at radius 1 is 0.905 bits per heavy atom. The van der Waals surface area contributed by atoms with Crippen LogP contribution in [0.25, 0.3) is 0 Å². The lowest BCUT2D eigenvalue weighted by molar-refractivity contribution is 0.162. The van der Waals surface area contributed by atoms with Gasteiger partial charge in [-0.2, -0.15) is 0 Å². The van der Waals surface area contributed by atoms with Crippen molar-refractivity contribution < 1.29 is 5.11 Å². The zero-order valence-corrected chi connectivity index (χ0v) is 16.3. The molecule has 1 atom stereocenters. The van der Waals surface area contributed by atoms with Crippen LogP contribution in [0.4, 0.5) is 0 Å². The zero-order valence-electron chi connectivity index (χ0n) is 13.1. The number of hydrogen-bond acceptors (Lipinski definition) is 1. The van der Waals surface area contributed by atoms with Gasteiger partial charge in [-0.1, -0.05) is 96.6 Å². The number of benzene rings is 1. The van der Waals surface area contributed by atoms with Gasteiger partial charge in [0.1, 0.15) is 0 Å². The highest BCUT2D eigenvalue weighted by Gasteiger charge is 2.11. The summed E-state index contributed by atoms with van der Waals surface area (Å²) in [4.78, 5) is 0. The lowest BCUT2D eigenvalue weighted by Gasteiger charge is -2.13. The quantitative estimate of drug-likeness (QED) is 0.377. The Kier molecular flexibility index (Phi) is 10.7. The van der Waals surface area contributed by atoms with Crippen LogP contribution in [0.2, 0.25) is 0 Å². The molecule has 0 aliphatic carbocycles. The molecule has 0 heterocycles. The first-order chi connectivity index (χ1) is 10.1. The van der Waals surface area contributed by atoms with E-state index < -0.39 is 0 Å². The molecule has 0 aliphatic rings. The third-order valence-electron chi connectivity index (χ3n) is 3.90. The van der Waals surface area contributed by atoms with Gasteiger partial charge in [-0.25, -0.2) is 0 Å². The van der Waals surface area contributed by atoms with Gasteiger partial charge in [0.15, 0.2) is 0 Å². The van der Waals surface area contributed by atoms with Gasteiger partial charge in [0.25, 0.3) is 0 Å². The van der Waals surface area contributed by atoms with Crippen molar-refractivity contribution >= 4 is 31.9 Å². The van der Waals surface area contributed by atoms with E-state index in [0.29, 0.717) is 0 Å². The van der Waals surface area contributed by atoms with Crippen LogP contribution in [0, 0.1) is 0 Å². The van der Waals surface area contributed by atoms with E-state index in [1.165, 1.54) is 51.4 Å². The van der Waals surface area contributed by atoms with Crippen molar-refractivity contribution in [3.63, 3.8) is 0 Å². The molecule has 120 valence electrons. The fourth-order valence-electron chi connectivity index (χ4n) is 2.57. The van der Waals surface area contributed by atoms with Gasteiger partial charge in [-0.05, 0) is 30.2 Å². The predicted molar refractivity (Wildman–Crippen MR) is 98.6 cm³/mol. The molecule has 0 radical (unpaired) electrons. The Bertz CT molecular complexity index is 393. The summed E-state index contributed by atoms with van der Waals surface area (Å²) in [6, 6.07) is 5.97. The fraction of sp³-hybridized carbons (Fsp3) is 0.667. The van der Waals surface area contributed by atoms with Gasteiger partial charge in [-0.15, -0.1) is 0 Å². The second kappa shape index (κ2) is 11.7. The van der Waals surface area contributed by atoms with Gasteiger partial charge < -0.3 is 5.11 Å². The molecule has 0 saturated heterocycles. The van der Waals surface area contributed by atoms with Crippen LogP contribution in [-0.2, 0) is 0 Å². The molecular formula is C18H28Br2O. The first-order valence-corrected chi connectivity index (χ1v) is 9.86. The molecule has 0 bridgehead atoms. The summed E-state index contributed by atoms with van der Waals surface area (Å²) < 4.78 is 2.01. The van der Waals surface area contributed by atoms with Crippen molar-refractivity contribution in [3.8, 4) is 0 Å². The third kappa shape index (κ3) is 8.37. The lowest BCUT2D eigenvalue weighted by atomic mass is 10.0. The topological polar surface area (TPSA) is 20.2 Å². The van der Waals surface area contributed by atoms with Gasteiger partial charge in [0.2, 0.25) is 0 Å². The standard InChI is InChI=1S/C18H28Br2O/c1-2-3-4-5-6-7-8-9-10-11-18(21)16-14-15(19)12-13-17(16)20/h12-14,18,21H,2-11H2,1H3. The van der Waals surface area contributed by atoms with E-state index in [4.69, 9.17) is 0 Å². The average molecular weight is 420 g/mol. The summed E-state index contributed by atoms with van der Waals surface area (Å²) in [5.41, 5.74) is 0.990. The summed E-state index contributed by atoms with van der Waals surface area (Å²) in [6.07, 6.45) is 12.3. The summed E-state index contributed by atoms with van der Waals surface area (Å²) in [5, 5.41) is 10.3. The monoisotopic (exact) mass is 418 g/mol. The fourth-order valence-corrected chi connectivity index (χ4v) is 3.46. The Morgan fingerprint density at radius 3 is 2.10 bits per heavy atom. The second-order valence-corrected chi connectivity index (χ2v) is 7.57. The Morgan fingerprint density at radius 2 is 1.48 bits per heavy atom. The Balaban J connectivity index is 2.11. The van der Waals surface area contributed by atoms with E-state index in [1.54, 1.807) is 0 Å². The summed E-state index contributed by atoms with van der Waals surface area (Å²) in [6.45, 7) is 2.26. The molecule has 3 heteroatoms. The van der Waals surface area contributed by atoms with Crippen LogP contribution in [0.1, 0.15) is 82.8 Å². The highest BCUT2D eigenvalue weighted by molar-refractivity contribution is 9.11. The lowest BCUT2D eigenvalue weighted by Crippen LogP contribution is -1.98. The molecule has 0 fully saturated rings. The first kappa shape index (κ1) is 19.2. The zero-order chi connectivity index (χ0) is 15.5. The average Bonchev–Trinajstić information content (AvgIpc) is 2.48. The smallest absolute Gasteiger partial charge is 0.0801 e. The summed E-state index contributed by atoms with van der Waals surface area (Å²) in [7, 11) is 0. The highest BCUT2D eigenvalue weighted by Crippen LogP contribution is 2.29. The SMILES string of the molecule is CCCCCCCCCCCC(O)c1cc(Br)ccc1Br. The highest BCUT2D eigenvalue weighted by atomic mass is 79.9. The number of halogens is 2. The van der Waals surface area contributed by atoms with Crippen molar-refractivity contribution in [3.05, 3.63) is 32.7 Å². The first-order valence-electron chi connectivity index (χ1n) is 8.28. The van der Waals surface area contributed by atoms with Gasteiger partial charge >= 0.3 is 0 Å². The van der Waals surface area contributed by atoms with Crippen molar-refractivity contribution in [1.82, 2.24) is 0 Å². The van der Waals surface area contributed by atoms with Crippen molar-refractivity contribution in [2.75, 3.05) is 0 Å². The van der Waals surface area contributed by atoms with Crippen LogP contribution < -0.4 is 0 Å². The summed E-state index contributed by atoms with van der Waals surface area (Å²) >= 11 is 6.97. The molecule has 1 unspecified atom stereocenters. The van der Waals surface area contributed by atoms with Gasteiger partial charge in [-0.3, -0.25) is 0 Å². The molecule has 0 aliphatic heterocycles. The molecule has 0 saturated carbocycles. The van der Waals surface area contributed by atoms with Crippen molar-refractivity contribution in [1.29, 1.82) is 0 Å². The second-order valence-electron chi connectivity index (χ2n) is 5.80. The van der Waals surface area contributed by atoms with E-state index in [0.717, 1.165) is 27.4 Å². The minimum atomic E-state index is -0.360. The number of hydrogen-bond donors (Lipinski definition) is 1. The Labute approximate surface area is 146 Å². The third-order valence-corrected chi connectivity index (χ3v) is 5.11. The normalized spacial score (nSPS) is 12.6. The largest absolute Gasteiger partial charge is 0.388 e. The predicted octanol–water partition coefficient (Wildman–Crippen LogP) is 7.17. The van der Waals surface area contributed by atoms with Crippen molar-refractivity contribution in [2.24, 2.45) is 0 Å². The number of aliphatic hydroxyl groups excluding tert-OH is 1. The van der Waals surface area contributed by atoms with E-state index in [-0.39, 0.29) is 6.10 Å². The maximum Gasteiger partial charge on any atom is 0.0801 e. The van der Waals surface area contributed by atoms with Crippen LogP contribution in [0.15, 0.2) is 27.1 Å². The number of rotatable bonds is 11. The van der Waals surface area contributed by atoms with Gasteiger partial charge in [0, 0.05) is 8.95 Å². The molecular weight excluding hydrogens is 392 g/mol.